The minimum absolute atomic E-state index is 0.122. The van der Waals surface area contributed by atoms with Crippen LogP contribution in [0.4, 0.5) is 0 Å². The van der Waals surface area contributed by atoms with Crippen LogP contribution in [-0.4, -0.2) is 35.4 Å². The molecule has 0 aliphatic carbocycles. The molecule has 0 aliphatic heterocycles. The number of carbonyl (C=O) groups excluding carboxylic acids is 1. The first-order valence-electron chi connectivity index (χ1n) is 6.81. The number of amides is 1. The molecule has 0 aromatic carbocycles. The van der Waals surface area contributed by atoms with E-state index in [4.69, 9.17) is 0 Å². The third kappa shape index (κ3) is 3.00. The molecule has 0 bridgehead atoms. The van der Waals surface area contributed by atoms with E-state index in [9.17, 15) is 4.79 Å². The van der Waals surface area contributed by atoms with Gasteiger partial charge in [0, 0.05) is 25.1 Å². The molecule has 1 unspecified atom stereocenters. The van der Waals surface area contributed by atoms with Crippen molar-refractivity contribution >= 4 is 5.91 Å². The Morgan fingerprint density at radius 2 is 2.27 bits per heavy atom. The number of nitrogens with zero attached hydrogens (tertiary/aromatic N) is 6. The van der Waals surface area contributed by atoms with Gasteiger partial charge in [-0.3, -0.25) is 4.79 Å². The fourth-order valence-electron chi connectivity index (χ4n) is 1.97. The van der Waals surface area contributed by atoms with Gasteiger partial charge in [-0.05, 0) is 30.7 Å². The van der Waals surface area contributed by atoms with Crippen molar-refractivity contribution in [2.75, 3.05) is 0 Å². The van der Waals surface area contributed by atoms with Crippen molar-refractivity contribution in [2.45, 2.75) is 19.5 Å². The summed E-state index contributed by atoms with van der Waals surface area (Å²) < 4.78 is 3.18. The number of hydrogen-bond donors (Lipinski definition) is 1. The number of rotatable bonds is 5. The average molecular weight is 297 g/mol. The third-order valence-electron chi connectivity index (χ3n) is 3.23. The lowest BCUT2D eigenvalue weighted by Crippen LogP contribution is -2.30. The molecule has 0 aliphatic rings. The summed E-state index contributed by atoms with van der Waals surface area (Å²) in [5, 5.41) is 11.0. The van der Waals surface area contributed by atoms with Crippen LogP contribution < -0.4 is 5.32 Å². The molecular formula is C14H15N7O. The molecule has 8 heteroatoms. The maximum atomic E-state index is 12.1. The summed E-state index contributed by atoms with van der Waals surface area (Å²) in [5.41, 5.74) is 0.944. The highest BCUT2D eigenvalue weighted by Crippen LogP contribution is 2.07. The SMILES string of the molecule is CC(C(=O)NCc1ccnc(-n2cccn2)c1)n1cncn1. The zero-order valence-electron chi connectivity index (χ0n) is 12.0. The van der Waals surface area contributed by atoms with Gasteiger partial charge in [-0.25, -0.2) is 19.3 Å². The zero-order chi connectivity index (χ0) is 15.4. The summed E-state index contributed by atoms with van der Waals surface area (Å²) in [4.78, 5) is 20.2. The molecule has 0 saturated carbocycles. The summed E-state index contributed by atoms with van der Waals surface area (Å²) in [6.07, 6.45) is 8.13. The summed E-state index contributed by atoms with van der Waals surface area (Å²) in [6, 6.07) is 5.16. The summed E-state index contributed by atoms with van der Waals surface area (Å²) >= 11 is 0. The average Bonchev–Trinajstić information content (AvgIpc) is 3.24. The first-order chi connectivity index (χ1) is 10.7. The van der Waals surface area contributed by atoms with Crippen LogP contribution in [0.1, 0.15) is 18.5 Å². The van der Waals surface area contributed by atoms with Crippen LogP contribution in [0, 0.1) is 0 Å². The molecule has 112 valence electrons. The van der Waals surface area contributed by atoms with E-state index in [1.807, 2.05) is 24.4 Å². The third-order valence-corrected chi connectivity index (χ3v) is 3.23. The largest absolute Gasteiger partial charge is 0.350 e. The fourth-order valence-corrected chi connectivity index (χ4v) is 1.97. The van der Waals surface area contributed by atoms with E-state index in [0.29, 0.717) is 12.4 Å². The lowest BCUT2D eigenvalue weighted by molar-refractivity contribution is -0.124. The van der Waals surface area contributed by atoms with E-state index in [0.717, 1.165) is 5.56 Å². The maximum absolute atomic E-state index is 12.1. The molecule has 0 spiro atoms. The van der Waals surface area contributed by atoms with Crippen LogP contribution in [0.5, 0.6) is 0 Å². The van der Waals surface area contributed by atoms with Gasteiger partial charge >= 0.3 is 0 Å². The molecule has 3 aromatic heterocycles. The van der Waals surface area contributed by atoms with Gasteiger partial charge in [-0.15, -0.1) is 0 Å². The molecule has 0 radical (unpaired) electrons. The summed E-state index contributed by atoms with van der Waals surface area (Å²) in [6.45, 7) is 2.18. The number of pyridine rings is 1. The van der Waals surface area contributed by atoms with E-state index in [1.165, 1.54) is 17.3 Å². The van der Waals surface area contributed by atoms with Crippen molar-refractivity contribution in [3.05, 3.63) is 55.0 Å². The van der Waals surface area contributed by atoms with Crippen LogP contribution >= 0.6 is 0 Å². The predicted molar refractivity (Wildman–Crippen MR) is 77.9 cm³/mol. The highest BCUT2D eigenvalue weighted by atomic mass is 16.2. The van der Waals surface area contributed by atoms with Crippen molar-refractivity contribution in [1.29, 1.82) is 0 Å². The Bertz CT molecular complexity index is 736. The maximum Gasteiger partial charge on any atom is 0.244 e. The van der Waals surface area contributed by atoms with E-state index in [2.05, 4.69) is 25.5 Å². The van der Waals surface area contributed by atoms with Crippen molar-refractivity contribution in [3.8, 4) is 5.82 Å². The Labute approximate surface area is 126 Å². The van der Waals surface area contributed by atoms with Crippen molar-refractivity contribution in [3.63, 3.8) is 0 Å². The van der Waals surface area contributed by atoms with Gasteiger partial charge in [0.1, 0.15) is 18.7 Å². The molecule has 0 fully saturated rings. The lowest BCUT2D eigenvalue weighted by atomic mass is 10.2. The van der Waals surface area contributed by atoms with Gasteiger partial charge in [0.15, 0.2) is 5.82 Å². The molecular weight excluding hydrogens is 282 g/mol. The first-order valence-corrected chi connectivity index (χ1v) is 6.81. The lowest BCUT2D eigenvalue weighted by Gasteiger charge is -2.12. The van der Waals surface area contributed by atoms with Gasteiger partial charge < -0.3 is 5.32 Å². The smallest absolute Gasteiger partial charge is 0.244 e. The fraction of sp³-hybridized carbons (Fsp3) is 0.214. The van der Waals surface area contributed by atoms with Gasteiger partial charge in [-0.1, -0.05) is 0 Å². The molecule has 3 rings (SSSR count). The summed E-state index contributed by atoms with van der Waals surface area (Å²) in [5.74, 6) is 0.587. The van der Waals surface area contributed by atoms with E-state index >= 15 is 0 Å². The predicted octanol–water partition coefficient (Wildman–Crippen LogP) is 0.736. The molecule has 8 nitrogen and oxygen atoms in total. The molecule has 3 heterocycles. The molecule has 3 aromatic rings. The van der Waals surface area contributed by atoms with Crippen LogP contribution in [0.25, 0.3) is 5.82 Å². The number of hydrogen-bond acceptors (Lipinski definition) is 5. The number of carbonyl (C=O) groups is 1. The Kier molecular flexibility index (Phi) is 3.90. The highest BCUT2D eigenvalue weighted by molar-refractivity contribution is 5.79. The standard InChI is InChI=1S/C14H15N7O/c1-11(21-10-15-9-19-21)14(22)17-8-12-3-5-16-13(7-12)20-6-2-4-18-20/h2-7,9-11H,8H2,1H3,(H,17,22). The van der Waals surface area contributed by atoms with Crippen molar-refractivity contribution < 1.29 is 4.79 Å². The van der Waals surface area contributed by atoms with Gasteiger partial charge in [0.25, 0.3) is 0 Å². The molecule has 1 amide bonds. The molecule has 0 saturated heterocycles. The summed E-state index contributed by atoms with van der Waals surface area (Å²) in [7, 11) is 0. The Morgan fingerprint density at radius 3 is 3.00 bits per heavy atom. The second-order valence-electron chi connectivity index (χ2n) is 4.74. The topological polar surface area (TPSA) is 90.5 Å². The monoisotopic (exact) mass is 297 g/mol. The van der Waals surface area contributed by atoms with E-state index in [1.54, 1.807) is 24.0 Å². The Balaban J connectivity index is 1.64. The van der Waals surface area contributed by atoms with Crippen LogP contribution in [0.15, 0.2) is 49.4 Å². The van der Waals surface area contributed by atoms with E-state index in [-0.39, 0.29) is 5.91 Å². The minimum atomic E-state index is -0.407. The second-order valence-corrected chi connectivity index (χ2v) is 4.74. The van der Waals surface area contributed by atoms with Crippen LogP contribution in [0.3, 0.4) is 0 Å². The van der Waals surface area contributed by atoms with Gasteiger partial charge in [0.2, 0.25) is 5.91 Å². The molecule has 22 heavy (non-hydrogen) atoms. The van der Waals surface area contributed by atoms with Crippen molar-refractivity contribution in [1.82, 2.24) is 34.8 Å². The molecule has 1 atom stereocenters. The number of aromatic nitrogens is 6. The van der Waals surface area contributed by atoms with Crippen LogP contribution in [-0.2, 0) is 11.3 Å². The van der Waals surface area contributed by atoms with Gasteiger partial charge in [0.05, 0.1) is 0 Å². The Hall–Kier alpha value is -3.03. The zero-order valence-corrected chi connectivity index (χ0v) is 12.0. The highest BCUT2D eigenvalue weighted by Gasteiger charge is 2.14. The van der Waals surface area contributed by atoms with Crippen molar-refractivity contribution in [2.24, 2.45) is 0 Å². The first kappa shape index (κ1) is 13.9. The van der Waals surface area contributed by atoms with Gasteiger partial charge in [-0.2, -0.15) is 10.2 Å². The minimum Gasteiger partial charge on any atom is -0.350 e. The molecule has 1 N–H and O–H groups in total. The quantitative estimate of drug-likeness (QED) is 0.750. The normalized spacial score (nSPS) is 12.0. The van der Waals surface area contributed by atoms with E-state index < -0.39 is 6.04 Å². The van der Waals surface area contributed by atoms with Crippen LogP contribution in [0.2, 0.25) is 0 Å². The second kappa shape index (κ2) is 6.17. The number of nitrogens with one attached hydrogen (secondary N) is 1. The Morgan fingerprint density at radius 1 is 1.36 bits per heavy atom.